The first kappa shape index (κ1) is 20.3. The number of rotatable bonds is 5. The molecule has 1 aliphatic heterocycles. The minimum Gasteiger partial charge on any atom is -0.494 e. The molecule has 10 heteroatoms. The lowest BCUT2D eigenvalue weighted by Crippen LogP contribution is -2.52. The zero-order valence-corrected chi connectivity index (χ0v) is 13.9. The molecule has 26 heavy (non-hydrogen) atoms. The molecule has 0 aromatic heterocycles. The van der Waals surface area contributed by atoms with E-state index < -0.39 is 49.7 Å². The van der Waals surface area contributed by atoms with Crippen LogP contribution in [0, 0.1) is 5.41 Å². The highest BCUT2D eigenvalue weighted by Gasteiger charge is 2.72. The van der Waals surface area contributed by atoms with Gasteiger partial charge in [-0.2, -0.15) is 26.3 Å². The number of carbonyl (C=O) groups is 1. The van der Waals surface area contributed by atoms with Gasteiger partial charge in [-0.25, -0.2) is 0 Å². The second kappa shape index (κ2) is 7.34. The van der Waals surface area contributed by atoms with Gasteiger partial charge in [-0.15, -0.1) is 0 Å². The molecule has 0 aliphatic carbocycles. The largest absolute Gasteiger partial charge is 0.494 e. The van der Waals surface area contributed by atoms with Gasteiger partial charge in [-0.05, 0) is 44.2 Å². The molecule has 1 N–H and O–H groups in total. The highest BCUT2D eigenvalue weighted by atomic mass is 19.4. The van der Waals surface area contributed by atoms with Crippen molar-refractivity contribution < 1.29 is 35.9 Å². The van der Waals surface area contributed by atoms with Gasteiger partial charge in [0.2, 0.25) is 5.91 Å². The van der Waals surface area contributed by atoms with Gasteiger partial charge < -0.3 is 10.1 Å². The number of hydrogen-bond donors (Lipinski definition) is 1. The average molecular weight is 384 g/mol. The van der Waals surface area contributed by atoms with Crippen molar-refractivity contribution >= 4 is 11.6 Å². The number of alkyl halides is 6. The van der Waals surface area contributed by atoms with Gasteiger partial charge in [0.25, 0.3) is 0 Å². The van der Waals surface area contributed by atoms with Gasteiger partial charge in [0.1, 0.15) is 5.75 Å². The molecule has 1 aromatic carbocycles. The Morgan fingerprint density at radius 2 is 1.73 bits per heavy atom. The summed E-state index contributed by atoms with van der Waals surface area (Å²) >= 11 is 0. The third-order valence-corrected chi connectivity index (χ3v) is 4.25. The number of hydrogen-bond acceptors (Lipinski definition) is 3. The van der Waals surface area contributed by atoms with Crippen LogP contribution in [-0.4, -0.2) is 49.4 Å². The molecule has 1 aromatic rings. The van der Waals surface area contributed by atoms with Gasteiger partial charge in [0.05, 0.1) is 13.2 Å². The van der Waals surface area contributed by atoms with Crippen LogP contribution in [-0.2, 0) is 4.79 Å². The lowest BCUT2D eigenvalue weighted by Gasteiger charge is -2.33. The molecule has 1 fully saturated rings. The summed E-state index contributed by atoms with van der Waals surface area (Å²) in [6, 6.07) is 6.24. The third-order valence-electron chi connectivity index (χ3n) is 4.25. The summed E-state index contributed by atoms with van der Waals surface area (Å²) < 4.78 is 83.3. The van der Waals surface area contributed by atoms with Crippen molar-refractivity contribution in [1.29, 1.82) is 0 Å². The smallest absolute Gasteiger partial charge is 0.404 e. The van der Waals surface area contributed by atoms with E-state index in [-0.39, 0.29) is 0 Å². The van der Waals surface area contributed by atoms with Gasteiger partial charge in [-0.1, -0.05) is 0 Å². The molecule has 4 nitrogen and oxygen atoms in total. The molecule has 1 heterocycles. The number of ether oxygens (including phenoxy) is 1. The quantitative estimate of drug-likeness (QED) is 0.785. The standard InChI is InChI=1S/C16H18F6N2O2/c1-2-26-12-5-3-11(4-6-12)23-13(25)9-24-8-7-14(10-24,15(17,18)19)16(20,21)22/h3-6H,2,7-10H2,1H3,(H,23,25). The number of benzene rings is 1. The summed E-state index contributed by atoms with van der Waals surface area (Å²) in [6.07, 6.45) is -12.0. The van der Waals surface area contributed by atoms with E-state index in [1.54, 1.807) is 19.1 Å². The van der Waals surface area contributed by atoms with Crippen LogP contribution in [0.25, 0.3) is 0 Å². The first-order valence-electron chi connectivity index (χ1n) is 7.87. The van der Waals surface area contributed by atoms with E-state index in [1.165, 1.54) is 12.1 Å². The van der Waals surface area contributed by atoms with Gasteiger partial charge in [-0.3, -0.25) is 9.69 Å². The van der Waals surface area contributed by atoms with Crippen LogP contribution in [0.15, 0.2) is 24.3 Å². The number of anilines is 1. The summed E-state index contributed by atoms with van der Waals surface area (Å²) in [4.78, 5) is 12.8. The molecular weight excluding hydrogens is 366 g/mol. The molecular formula is C16H18F6N2O2. The Bertz CT molecular complexity index is 613. The highest BCUT2D eigenvalue weighted by Crippen LogP contribution is 2.55. The normalized spacial score (nSPS) is 18.0. The van der Waals surface area contributed by atoms with Crippen molar-refractivity contribution in [2.45, 2.75) is 25.7 Å². The Kier molecular flexibility index (Phi) is 5.74. The van der Waals surface area contributed by atoms with E-state index in [4.69, 9.17) is 4.74 Å². The Hall–Kier alpha value is -1.97. The van der Waals surface area contributed by atoms with Crippen molar-refractivity contribution in [2.24, 2.45) is 5.41 Å². The first-order chi connectivity index (χ1) is 12.0. The number of nitrogens with one attached hydrogen (secondary N) is 1. The minimum absolute atomic E-state index is 0.371. The molecule has 0 spiro atoms. The fourth-order valence-electron chi connectivity index (χ4n) is 2.85. The van der Waals surface area contributed by atoms with Crippen LogP contribution in [0.3, 0.4) is 0 Å². The zero-order chi connectivity index (χ0) is 19.6. The molecule has 1 amide bonds. The Morgan fingerprint density at radius 3 is 2.19 bits per heavy atom. The minimum atomic E-state index is -5.43. The molecule has 0 atom stereocenters. The SMILES string of the molecule is CCOc1ccc(NC(=O)CN2CCC(C(F)(F)F)(C(F)(F)F)C2)cc1. The topological polar surface area (TPSA) is 41.6 Å². The van der Waals surface area contributed by atoms with Crippen molar-refractivity contribution in [2.75, 3.05) is 31.6 Å². The maximum atomic E-state index is 13.0. The van der Waals surface area contributed by atoms with E-state index in [1.807, 2.05) is 0 Å². The molecule has 0 radical (unpaired) electrons. The van der Waals surface area contributed by atoms with Crippen LogP contribution in [0.1, 0.15) is 13.3 Å². The van der Waals surface area contributed by atoms with Crippen LogP contribution < -0.4 is 10.1 Å². The van der Waals surface area contributed by atoms with E-state index in [0.29, 0.717) is 18.0 Å². The van der Waals surface area contributed by atoms with Gasteiger partial charge in [0.15, 0.2) is 5.41 Å². The number of likely N-dealkylation sites (tertiary alicyclic amines) is 1. The van der Waals surface area contributed by atoms with Crippen LogP contribution >= 0.6 is 0 Å². The number of carbonyl (C=O) groups excluding carboxylic acids is 1. The summed E-state index contributed by atoms with van der Waals surface area (Å²) in [5.74, 6) is -0.112. The maximum absolute atomic E-state index is 13.0. The highest BCUT2D eigenvalue weighted by molar-refractivity contribution is 5.92. The fourth-order valence-corrected chi connectivity index (χ4v) is 2.85. The lowest BCUT2D eigenvalue weighted by molar-refractivity contribution is -0.335. The third kappa shape index (κ3) is 4.22. The monoisotopic (exact) mass is 384 g/mol. The fraction of sp³-hybridized carbons (Fsp3) is 0.562. The molecule has 146 valence electrons. The summed E-state index contributed by atoms with van der Waals surface area (Å²) in [7, 11) is 0. The molecule has 0 unspecified atom stereocenters. The Labute approximate surface area is 146 Å². The van der Waals surface area contributed by atoms with E-state index in [9.17, 15) is 31.1 Å². The van der Waals surface area contributed by atoms with Crippen molar-refractivity contribution in [1.82, 2.24) is 4.90 Å². The van der Waals surface area contributed by atoms with Gasteiger partial charge >= 0.3 is 12.4 Å². The molecule has 0 bridgehead atoms. The van der Waals surface area contributed by atoms with Crippen molar-refractivity contribution in [3.05, 3.63) is 24.3 Å². The summed E-state index contributed by atoms with van der Waals surface area (Å²) in [5, 5.41) is 2.44. The molecule has 2 rings (SSSR count). The second-order valence-electron chi connectivity index (χ2n) is 6.04. The predicted octanol–water partition coefficient (Wildman–Crippen LogP) is 3.84. The van der Waals surface area contributed by atoms with E-state index in [0.717, 1.165) is 4.90 Å². The lowest BCUT2D eigenvalue weighted by atomic mass is 9.85. The molecule has 0 saturated carbocycles. The van der Waals surface area contributed by atoms with Crippen molar-refractivity contribution in [3.8, 4) is 5.75 Å². The molecule has 1 saturated heterocycles. The van der Waals surface area contributed by atoms with Crippen LogP contribution in [0.4, 0.5) is 32.0 Å². The van der Waals surface area contributed by atoms with Crippen molar-refractivity contribution in [3.63, 3.8) is 0 Å². The molecule has 1 aliphatic rings. The number of nitrogens with zero attached hydrogens (tertiary/aromatic N) is 1. The van der Waals surface area contributed by atoms with Crippen LogP contribution in [0.5, 0.6) is 5.75 Å². The average Bonchev–Trinajstić information content (AvgIpc) is 2.94. The Balaban J connectivity index is 1.98. The predicted molar refractivity (Wildman–Crippen MR) is 81.8 cm³/mol. The van der Waals surface area contributed by atoms with Crippen LogP contribution in [0.2, 0.25) is 0 Å². The number of amides is 1. The van der Waals surface area contributed by atoms with Gasteiger partial charge in [0, 0.05) is 12.2 Å². The maximum Gasteiger partial charge on any atom is 0.404 e. The van der Waals surface area contributed by atoms with E-state index >= 15 is 0 Å². The second-order valence-corrected chi connectivity index (χ2v) is 6.04. The zero-order valence-electron chi connectivity index (χ0n) is 13.9. The number of halogens is 6. The van der Waals surface area contributed by atoms with E-state index in [2.05, 4.69) is 5.32 Å². The first-order valence-corrected chi connectivity index (χ1v) is 7.87. The summed E-state index contributed by atoms with van der Waals surface area (Å²) in [5.41, 5.74) is -3.42. The Morgan fingerprint density at radius 1 is 1.15 bits per heavy atom. The summed E-state index contributed by atoms with van der Waals surface area (Å²) in [6.45, 7) is -0.0397.